The van der Waals surface area contributed by atoms with E-state index in [4.69, 9.17) is 4.74 Å². The van der Waals surface area contributed by atoms with Crippen molar-refractivity contribution in [3.05, 3.63) is 95.2 Å². The number of hydrogen-bond donors (Lipinski definition) is 2. The minimum absolute atomic E-state index is 0.0641. The molecular formula is C27H24N4O5. The van der Waals surface area contributed by atoms with Crippen LogP contribution >= 0.6 is 0 Å². The number of carbonyl (C=O) groups excluding carboxylic acids is 2. The Hall–Kier alpha value is -4.66. The molecule has 1 aliphatic heterocycles. The number of carbonyl (C=O) groups is 2. The van der Waals surface area contributed by atoms with E-state index in [2.05, 4.69) is 9.97 Å². The highest BCUT2D eigenvalue weighted by Gasteiger charge is 2.46. The first kappa shape index (κ1) is 23.1. The third kappa shape index (κ3) is 3.84. The molecule has 1 fully saturated rings. The summed E-state index contributed by atoms with van der Waals surface area (Å²) >= 11 is 0. The number of aliphatic hydroxyl groups is 1. The van der Waals surface area contributed by atoms with Crippen LogP contribution in [0.1, 0.15) is 35.5 Å². The van der Waals surface area contributed by atoms with Crippen LogP contribution in [-0.2, 0) is 16.1 Å². The van der Waals surface area contributed by atoms with Crippen LogP contribution in [0.25, 0.3) is 11.4 Å². The largest absolute Gasteiger partial charge is 0.505 e. The SMILES string of the molecule is CCOc1cc(C2C(=C(O)c3c(C)nc4ccccn34)C(=O)C(=O)N2Cc2cccnc2)ccc1O. The number of ether oxygens (including phenoxy) is 1. The number of nitrogens with zero attached hydrogens (tertiary/aromatic N) is 4. The number of phenolic OH excluding ortho intramolecular Hbond substituents is 1. The van der Waals surface area contributed by atoms with Gasteiger partial charge < -0.3 is 19.8 Å². The lowest BCUT2D eigenvalue weighted by Crippen LogP contribution is -2.29. The molecule has 3 aromatic heterocycles. The van der Waals surface area contributed by atoms with Crippen molar-refractivity contribution in [2.75, 3.05) is 6.61 Å². The van der Waals surface area contributed by atoms with E-state index in [0.717, 1.165) is 5.56 Å². The molecule has 36 heavy (non-hydrogen) atoms. The second-order valence-corrected chi connectivity index (χ2v) is 8.42. The molecule has 2 N–H and O–H groups in total. The number of aryl methyl sites for hydroxylation is 1. The summed E-state index contributed by atoms with van der Waals surface area (Å²) in [6.45, 7) is 3.93. The molecule has 1 aliphatic rings. The number of likely N-dealkylation sites (tertiary alicyclic amines) is 1. The molecular weight excluding hydrogens is 460 g/mol. The second kappa shape index (κ2) is 9.18. The van der Waals surface area contributed by atoms with E-state index >= 15 is 0 Å². The molecule has 1 amide bonds. The van der Waals surface area contributed by atoms with Crippen molar-refractivity contribution >= 4 is 23.1 Å². The Morgan fingerprint density at radius 2 is 1.97 bits per heavy atom. The quantitative estimate of drug-likeness (QED) is 0.243. The van der Waals surface area contributed by atoms with Crippen molar-refractivity contribution in [3.8, 4) is 11.5 Å². The third-order valence-electron chi connectivity index (χ3n) is 6.14. The Balaban J connectivity index is 1.73. The summed E-state index contributed by atoms with van der Waals surface area (Å²) in [5.41, 5.74) is 2.61. The van der Waals surface area contributed by atoms with Crippen LogP contribution in [0.3, 0.4) is 0 Å². The number of pyridine rings is 2. The van der Waals surface area contributed by atoms with E-state index < -0.39 is 17.7 Å². The van der Waals surface area contributed by atoms with Gasteiger partial charge in [0.2, 0.25) is 0 Å². The summed E-state index contributed by atoms with van der Waals surface area (Å²) in [5, 5.41) is 21.8. The summed E-state index contributed by atoms with van der Waals surface area (Å²) in [6, 6.07) is 12.7. The van der Waals surface area contributed by atoms with Gasteiger partial charge in [0.1, 0.15) is 11.3 Å². The van der Waals surface area contributed by atoms with Gasteiger partial charge in [-0.25, -0.2) is 4.98 Å². The number of benzene rings is 1. The van der Waals surface area contributed by atoms with Crippen LogP contribution < -0.4 is 4.74 Å². The molecule has 9 heteroatoms. The maximum atomic E-state index is 13.4. The molecule has 4 aromatic rings. The van der Waals surface area contributed by atoms with Gasteiger partial charge in [0.25, 0.3) is 11.7 Å². The van der Waals surface area contributed by atoms with E-state index in [1.807, 2.05) is 6.07 Å². The van der Waals surface area contributed by atoms with Crippen molar-refractivity contribution in [2.24, 2.45) is 0 Å². The number of fused-ring (bicyclic) bond motifs is 1. The van der Waals surface area contributed by atoms with Gasteiger partial charge in [-0.05, 0) is 55.3 Å². The molecule has 4 heterocycles. The average molecular weight is 485 g/mol. The lowest BCUT2D eigenvalue weighted by molar-refractivity contribution is -0.140. The molecule has 0 bridgehead atoms. The standard InChI is InChI=1S/C27H24N4O5/c1-3-36-20-13-18(9-10-19(20)32)24-22(25(33)23-16(2)29-21-8-4-5-12-30(21)23)26(34)27(35)31(24)15-17-7-6-11-28-14-17/h4-14,24,32-33H,3,15H2,1-2H3. The maximum Gasteiger partial charge on any atom is 0.295 e. The van der Waals surface area contributed by atoms with Crippen molar-refractivity contribution in [3.63, 3.8) is 0 Å². The van der Waals surface area contributed by atoms with Gasteiger partial charge in [0.15, 0.2) is 17.3 Å². The predicted octanol–water partition coefficient (Wildman–Crippen LogP) is 3.76. The van der Waals surface area contributed by atoms with Gasteiger partial charge >= 0.3 is 0 Å². The third-order valence-corrected chi connectivity index (χ3v) is 6.14. The van der Waals surface area contributed by atoms with Gasteiger partial charge in [0.05, 0.1) is 23.9 Å². The normalized spacial score (nSPS) is 17.2. The van der Waals surface area contributed by atoms with E-state index in [-0.39, 0.29) is 29.4 Å². The van der Waals surface area contributed by atoms with Crippen LogP contribution in [0.4, 0.5) is 0 Å². The van der Waals surface area contributed by atoms with Crippen LogP contribution in [0.2, 0.25) is 0 Å². The van der Waals surface area contributed by atoms with Gasteiger partial charge in [-0.2, -0.15) is 0 Å². The number of amides is 1. The number of phenols is 1. The van der Waals surface area contributed by atoms with E-state index in [9.17, 15) is 19.8 Å². The Morgan fingerprint density at radius 3 is 2.72 bits per heavy atom. The second-order valence-electron chi connectivity index (χ2n) is 8.42. The van der Waals surface area contributed by atoms with Crippen molar-refractivity contribution in [1.29, 1.82) is 0 Å². The molecule has 1 atom stereocenters. The highest BCUT2D eigenvalue weighted by Crippen LogP contribution is 2.42. The smallest absolute Gasteiger partial charge is 0.295 e. The van der Waals surface area contributed by atoms with E-state index in [1.54, 1.807) is 73.2 Å². The highest BCUT2D eigenvalue weighted by atomic mass is 16.5. The number of aliphatic hydroxyl groups excluding tert-OH is 1. The lowest BCUT2D eigenvalue weighted by atomic mass is 9.95. The number of ketones is 1. The summed E-state index contributed by atoms with van der Waals surface area (Å²) in [6.07, 6.45) is 4.98. The molecule has 1 unspecified atom stereocenters. The number of hydrogen-bond acceptors (Lipinski definition) is 7. The fourth-order valence-corrected chi connectivity index (χ4v) is 4.58. The molecule has 0 saturated carbocycles. The first-order valence-electron chi connectivity index (χ1n) is 11.5. The topological polar surface area (TPSA) is 117 Å². The molecule has 9 nitrogen and oxygen atoms in total. The molecule has 5 rings (SSSR count). The summed E-state index contributed by atoms with van der Waals surface area (Å²) in [7, 11) is 0. The lowest BCUT2D eigenvalue weighted by Gasteiger charge is -2.26. The fourth-order valence-electron chi connectivity index (χ4n) is 4.58. The average Bonchev–Trinajstić information content (AvgIpc) is 3.34. The van der Waals surface area contributed by atoms with Crippen molar-refractivity contribution in [1.82, 2.24) is 19.3 Å². The molecule has 0 spiro atoms. The Kier molecular flexibility index (Phi) is 5.89. The van der Waals surface area contributed by atoms with Crippen LogP contribution in [0.15, 0.2) is 72.7 Å². The Morgan fingerprint density at radius 1 is 1.14 bits per heavy atom. The number of rotatable bonds is 6. The van der Waals surface area contributed by atoms with Crippen LogP contribution in [0.5, 0.6) is 11.5 Å². The van der Waals surface area contributed by atoms with Gasteiger partial charge in [-0.1, -0.05) is 18.2 Å². The van der Waals surface area contributed by atoms with E-state index in [0.29, 0.717) is 29.2 Å². The first-order valence-corrected chi connectivity index (χ1v) is 11.5. The van der Waals surface area contributed by atoms with Gasteiger partial charge in [0, 0.05) is 25.1 Å². The van der Waals surface area contributed by atoms with Crippen molar-refractivity contribution in [2.45, 2.75) is 26.4 Å². The van der Waals surface area contributed by atoms with Crippen LogP contribution in [0, 0.1) is 6.92 Å². The first-order chi connectivity index (χ1) is 17.4. The van der Waals surface area contributed by atoms with Crippen LogP contribution in [-0.4, -0.2) is 47.8 Å². The molecule has 1 aromatic carbocycles. The van der Waals surface area contributed by atoms with E-state index in [1.165, 1.54) is 11.0 Å². The minimum Gasteiger partial charge on any atom is -0.505 e. The maximum absolute atomic E-state index is 13.4. The highest BCUT2D eigenvalue weighted by molar-refractivity contribution is 6.46. The number of aromatic hydroxyl groups is 1. The number of Topliss-reactive ketones (excluding diaryl/α,β-unsaturated/α-hetero) is 1. The summed E-state index contributed by atoms with van der Waals surface area (Å²) in [4.78, 5) is 36.7. The monoisotopic (exact) mass is 484 g/mol. The summed E-state index contributed by atoms with van der Waals surface area (Å²) in [5.74, 6) is -1.73. The Bertz CT molecular complexity index is 1510. The molecule has 0 aliphatic carbocycles. The summed E-state index contributed by atoms with van der Waals surface area (Å²) < 4.78 is 7.23. The van der Waals surface area contributed by atoms with Gasteiger partial charge in [-0.3, -0.25) is 19.0 Å². The number of imidazole rings is 1. The fraction of sp³-hybridized carbons (Fsp3) is 0.185. The minimum atomic E-state index is -0.932. The Labute approximate surface area is 206 Å². The molecule has 182 valence electrons. The molecule has 0 radical (unpaired) electrons. The zero-order valence-corrected chi connectivity index (χ0v) is 19.8. The zero-order chi connectivity index (χ0) is 25.4. The number of aromatic nitrogens is 3. The molecule has 1 saturated heterocycles. The van der Waals surface area contributed by atoms with Gasteiger partial charge in [-0.15, -0.1) is 0 Å². The predicted molar refractivity (Wildman–Crippen MR) is 131 cm³/mol. The van der Waals surface area contributed by atoms with Crippen molar-refractivity contribution < 1.29 is 24.5 Å². The zero-order valence-electron chi connectivity index (χ0n) is 19.8.